The molecular weight excluding hydrogens is 216 g/mol. The molecule has 94 valence electrons. The van der Waals surface area contributed by atoms with Crippen LogP contribution in [0.2, 0.25) is 0 Å². The van der Waals surface area contributed by atoms with E-state index in [1.54, 1.807) is 0 Å². The fourth-order valence-corrected chi connectivity index (χ4v) is 2.12. The largest absolute Gasteiger partial charge is 0.393 e. The maximum Gasteiger partial charge on any atom is 0.242 e. The summed E-state index contributed by atoms with van der Waals surface area (Å²) < 4.78 is 0. The molecule has 0 unspecified atom stereocenters. The molecule has 2 N–H and O–H groups in total. The van der Waals surface area contributed by atoms with Crippen molar-refractivity contribution in [3.8, 4) is 0 Å². The van der Waals surface area contributed by atoms with E-state index in [9.17, 15) is 5.11 Å². The van der Waals surface area contributed by atoms with Crippen LogP contribution in [0.1, 0.15) is 37.1 Å². The van der Waals surface area contributed by atoms with Crippen LogP contribution in [0.25, 0.3) is 0 Å². The summed E-state index contributed by atoms with van der Waals surface area (Å²) >= 11 is 0. The molecule has 2 rings (SSSR count). The predicted octanol–water partition coefficient (Wildman–Crippen LogP) is 1.45. The zero-order chi connectivity index (χ0) is 12.3. The van der Waals surface area contributed by atoms with Crippen LogP contribution in [-0.2, 0) is 0 Å². The molecule has 17 heavy (non-hydrogen) atoms. The van der Waals surface area contributed by atoms with Gasteiger partial charge in [-0.15, -0.1) is 5.10 Å². The summed E-state index contributed by atoms with van der Waals surface area (Å²) in [5, 5.41) is 20.7. The fraction of sp³-hybridized carbons (Fsp3) is 0.750. The number of anilines is 1. The van der Waals surface area contributed by atoms with Crippen molar-refractivity contribution in [2.24, 2.45) is 5.92 Å². The highest BCUT2D eigenvalue weighted by molar-refractivity contribution is 5.24. The third-order valence-electron chi connectivity index (χ3n) is 3.46. The van der Waals surface area contributed by atoms with E-state index in [2.05, 4.69) is 20.5 Å². The van der Waals surface area contributed by atoms with Gasteiger partial charge in [0, 0.05) is 6.54 Å². The number of aliphatic hydroxyl groups is 1. The second-order valence-electron chi connectivity index (χ2n) is 4.86. The lowest BCUT2D eigenvalue weighted by atomic mass is 9.87. The maximum absolute atomic E-state index is 9.42. The Morgan fingerprint density at radius 1 is 1.12 bits per heavy atom. The average Bonchev–Trinajstić information content (AvgIpc) is 2.33. The monoisotopic (exact) mass is 236 g/mol. The first-order chi connectivity index (χ1) is 8.15. The normalized spacial score (nSPS) is 24.6. The van der Waals surface area contributed by atoms with Crippen LogP contribution in [-0.4, -0.2) is 32.9 Å². The Morgan fingerprint density at radius 2 is 1.82 bits per heavy atom. The summed E-state index contributed by atoms with van der Waals surface area (Å²) in [6.07, 6.45) is 3.89. The first kappa shape index (κ1) is 12.2. The third kappa shape index (κ3) is 3.36. The van der Waals surface area contributed by atoms with Crippen molar-refractivity contribution in [3.63, 3.8) is 0 Å². The Balaban J connectivity index is 1.83. The number of aromatic nitrogens is 3. The van der Waals surface area contributed by atoms with Gasteiger partial charge in [0.1, 0.15) is 0 Å². The van der Waals surface area contributed by atoms with E-state index in [0.29, 0.717) is 11.9 Å². The summed E-state index contributed by atoms with van der Waals surface area (Å²) in [6.45, 7) is 4.71. The Hall–Kier alpha value is -1.23. The van der Waals surface area contributed by atoms with Crippen LogP contribution in [0.4, 0.5) is 5.95 Å². The number of aliphatic hydroxyl groups excluding tert-OH is 1. The van der Waals surface area contributed by atoms with E-state index in [1.165, 1.54) is 0 Å². The van der Waals surface area contributed by atoms with Crippen molar-refractivity contribution in [2.75, 3.05) is 11.9 Å². The van der Waals surface area contributed by atoms with Crippen LogP contribution in [0.15, 0.2) is 0 Å². The molecule has 1 aliphatic carbocycles. The lowest BCUT2D eigenvalue weighted by Crippen LogP contribution is -2.24. The number of rotatable bonds is 3. The van der Waals surface area contributed by atoms with Crippen LogP contribution in [0.3, 0.4) is 0 Å². The molecule has 5 nitrogen and oxygen atoms in total. The second-order valence-corrected chi connectivity index (χ2v) is 4.86. The van der Waals surface area contributed by atoms with Crippen molar-refractivity contribution >= 4 is 5.95 Å². The van der Waals surface area contributed by atoms with Gasteiger partial charge in [-0.3, -0.25) is 0 Å². The van der Waals surface area contributed by atoms with Crippen molar-refractivity contribution < 1.29 is 5.11 Å². The van der Waals surface area contributed by atoms with Gasteiger partial charge in [-0.1, -0.05) is 0 Å². The minimum absolute atomic E-state index is 0.0919. The van der Waals surface area contributed by atoms with E-state index in [-0.39, 0.29) is 6.10 Å². The van der Waals surface area contributed by atoms with Gasteiger partial charge in [0.15, 0.2) is 0 Å². The third-order valence-corrected chi connectivity index (χ3v) is 3.46. The Bertz CT molecular complexity index is 375. The van der Waals surface area contributed by atoms with Crippen molar-refractivity contribution in [3.05, 3.63) is 11.4 Å². The molecule has 1 fully saturated rings. The van der Waals surface area contributed by atoms with Gasteiger partial charge >= 0.3 is 0 Å². The first-order valence-electron chi connectivity index (χ1n) is 6.25. The minimum Gasteiger partial charge on any atom is -0.393 e. The van der Waals surface area contributed by atoms with Crippen molar-refractivity contribution in [1.82, 2.24) is 15.2 Å². The average molecular weight is 236 g/mol. The molecule has 0 saturated heterocycles. The van der Waals surface area contributed by atoms with E-state index in [4.69, 9.17) is 0 Å². The van der Waals surface area contributed by atoms with Gasteiger partial charge in [0.05, 0.1) is 17.5 Å². The lowest BCUT2D eigenvalue weighted by Gasteiger charge is -2.25. The zero-order valence-corrected chi connectivity index (χ0v) is 10.5. The number of aryl methyl sites for hydroxylation is 2. The molecule has 1 aromatic heterocycles. The van der Waals surface area contributed by atoms with Crippen LogP contribution in [0, 0.1) is 19.8 Å². The number of nitrogens with one attached hydrogen (secondary N) is 1. The molecule has 0 spiro atoms. The molecule has 0 bridgehead atoms. The van der Waals surface area contributed by atoms with E-state index < -0.39 is 0 Å². The molecule has 0 atom stereocenters. The quantitative estimate of drug-likeness (QED) is 0.831. The molecule has 1 saturated carbocycles. The maximum atomic E-state index is 9.42. The standard InChI is InChI=1S/C12H20N4O/c1-8-9(2)15-16-12(14-8)13-7-10-3-5-11(17)6-4-10/h10-11,17H,3-7H2,1-2H3,(H,13,14,16). The highest BCUT2D eigenvalue weighted by Crippen LogP contribution is 2.24. The second kappa shape index (κ2) is 5.40. The summed E-state index contributed by atoms with van der Waals surface area (Å²) in [6, 6.07) is 0. The molecule has 1 heterocycles. The molecular formula is C12H20N4O. The predicted molar refractivity (Wildman–Crippen MR) is 65.8 cm³/mol. The van der Waals surface area contributed by atoms with E-state index >= 15 is 0 Å². The lowest BCUT2D eigenvalue weighted by molar-refractivity contribution is 0.111. The summed E-state index contributed by atoms with van der Waals surface area (Å²) in [7, 11) is 0. The minimum atomic E-state index is -0.0919. The Morgan fingerprint density at radius 3 is 2.47 bits per heavy atom. The number of hydrogen-bond acceptors (Lipinski definition) is 5. The number of nitrogens with zero attached hydrogens (tertiary/aromatic N) is 3. The smallest absolute Gasteiger partial charge is 0.242 e. The highest BCUT2D eigenvalue weighted by atomic mass is 16.3. The molecule has 0 radical (unpaired) electrons. The topological polar surface area (TPSA) is 70.9 Å². The van der Waals surface area contributed by atoms with E-state index in [0.717, 1.165) is 43.6 Å². The van der Waals surface area contributed by atoms with Crippen molar-refractivity contribution in [2.45, 2.75) is 45.6 Å². The molecule has 1 aromatic rings. The van der Waals surface area contributed by atoms with Gasteiger partial charge in [-0.25, -0.2) is 4.98 Å². The molecule has 1 aliphatic rings. The van der Waals surface area contributed by atoms with Crippen molar-refractivity contribution in [1.29, 1.82) is 0 Å². The van der Waals surface area contributed by atoms with Crippen LogP contribution >= 0.6 is 0 Å². The van der Waals surface area contributed by atoms with Gasteiger partial charge in [0.25, 0.3) is 0 Å². The SMILES string of the molecule is Cc1nnc(NCC2CCC(O)CC2)nc1C. The van der Waals surface area contributed by atoms with Crippen LogP contribution in [0.5, 0.6) is 0 Å². The first-order valence-corrected chi connectivity index (χ1v) is 6.25. The van der Waals surface area contributed by atoms with E-state index in [1.807, 2.05) is 13.8 Å². The highest BCUT2D eigenvalue weighted by Gasteiger charge is 2.19. The molecule has 0 aromatic carbocycles. The van der Waals surface area contributed by atoms with Gasteiger partial charge in [-0.2, -0.15) is 5.10 Å². The Labute approximate surface area is 102 Å². The zero-order valence-electron chi connectivity index (χ0n) is 10.5. The molecule has 0 aliphatic heterocycles. The van der Waals surface area contributed by atoms with Gasteiger partial charge in [-0.05, 0) is 45.4 Å². The summed E-state index contributed by atoms with van der Waals surface area (Å²) in [5.74, 6) is 1.22. The molecule has 5 heteroatoms. The van der Waals surface area contributed by atoms with Crippen LogP contribution < -0.4 is 5.32 Å². The van der Waals surface area contributed by atoms with Gasteiger partial charge < -0.3 is 10.4 Å². The summed E-state index contributed by atoms with van der Waals surface area (Å²) in [5.41, 5.74) is 1.79. The fourth-order valence-electron chi connectivity index (χ4n) is 2.12. The Kier molecular flexibility index (Phi) is 3.89. The number of hydrogen-bond donors (Lipinski definition) is 2. The molecule has 0 amide bonds. The van der Waals surface area contributed by atoms with Gasteiger partial charge in [0.2, 0.25) is 5.95 Å². The summed E-state index contributed by atoms with van der Waals surface area (Å²) in [4.78, 5) is 4.34.